The normalized spacial score (nSPS) is 16.1. The Labute approximate surface area is 622 Å². The molecule has 0 atom stereocenters. The lowest BCUT2D eigenvalue weighted by Gasteiger charge is -2.43. The second-order valence-corrected chi connectivity index (χ2v) is 28.4. The number of piperidine rings is 3. The average Bonchev–Trinajstić information content (AvgIpc) is 1.03. The monoisotopic (exact) mass is 1460 g/mol. The Kier molecular flexibility index (Phi) is 24.1. The Morgan fingerprint density at radius 3 is 1.31 bits per heavy atom. The van der Waals surface area contributed by atoms with Crippen molar-refractivity contribution >= 4 is 62.0 Å². The molecule has 107 heavy (non-hydrogen) atoms. The lowest BCUT2D eigenvalue weighted by atomic mass is 9.78. The minimum Gasteiger partial charge on any atom is -0.497 e. The molecule has 0 spiro atoms. The predicted molar refractivity (Wildman–Crippen MR) is 415 cm³/mol. The first kappa shape index (κ1) is 76.1. The number of anilines is 3. The summed E-state index contributed by atoms with van der Waals surface area (Å²) in [6.45, 7) is 25.6. The van der Waals surface area contributed by atoms with Gasteiger partial charge in [-0.1, -0.05) is 48.5 Å². The number of hydrogen-bond donors (Lipinski definition) is 2. The summed E-state index contributed by atoms with van der Waals surface area (Å²) in [4.78, 5) is 114. The quantitative estimate of drug-likeness (QED) is 0.0716. The first-order valence-electron chi connectivity index (χ1n) is 37.5. The lowest BCUT2D eigenvalue weighted by Crippen LogP contribution is -2.54. The molecule has 11 heterocycles. The van der Waals surface area contributed by atoms with Gasteiger partial charge in [-0.05, 0) is 149 Å². The van der Waals surface area contributed by atoms with Crippen molar-refractivity contribution in [2.24, 2.45) is 10.8 Å². The molecule has 26 nitrogen and oxygen atoms in total. The Hall–Kier alpha value is -10.6. The smallest absolute Gasteiger partial charge is 0.347 e. The molecular weight excluding hydrogens is 1360 g/mol. The van der Waals surface area contributed by atoms with Crippen LogP contribution >= 0.6 is 0 Å². The van der Waals surface area contributed by atoms with E-state index in [0.717, 1.165) is 107 Å². The number of aromatic amines is 1. The fraction of sp³-hybridized carbons (Fsp3) is 0.457. The number of ether oxygens (including phenoxy) is 3. The molecule has 10 aromatic rings. The summed E-state index contributed by atoms with van der Waals surface area (Å²) in [5.41, 5.74) is 5.34. The van der Waals surface area contributed by atoms with Crippen molar-refractivity contribution in [2.75, 3.05) is 135 Å². The van der Waals surface area contributed by atoms with Crippen molar-refractivity contribution in [1.82, 2.24) is 59.9 Å². The second-order valence-electron chi connectivity index (χ2n) is 28.4. The largest absolute Gasteiger partial charge is 0.497 e. The molecule has 0 bridgehead atoms. The van der Waals surface area contributed by atoms with Gasteiger partial charge in [-0.3, -0.25) is 9.59 Å². The van der Waals surface area contributed by atoms with Crippen LogP contribution in [-0.2, 0) is 28.9 Å². The molecule has 0 saturated carbocycles. The summed E-state index contributed by atoms with van der Waals surface area (Å²) in [5, 5.41) is 4.60. The first-order valence-corrected chi connectivity index (χ1v) is 37.5. The van der Waals surface area contributed by atoms with Crippen molar-refractivity contribution < 1.29 is 37.1 Å². The summed E-state index contributed by atoms with van der Waals surface area (Å²) in [6.07, 6.45) is 15.7. The van der Waals surface area contributed by atoms with Crippen molar-refractivity contribution in [2.45, 2.75) is 112 Å². The third-order valence-electron chi connectivity index (χ3n) is 21.8. The van der Waals surface area contributed by atoms with Gasteiger partial charge in [0.2, 0.25) is 29.5 Å². The van der Waals surface area contributed by atoms with Gasteiger partial charge >= 0.3 is 16.9 Å². The van der Waals surface area contributed by atoms with Gasteiger partial charge in [0.25, 0.3) is 0 Å². The molecule has 4 fully saturated rings. The molecular formula is C81H99N15O11. The average molecular weight is 1460 g/mol. The van der Waals surface area contributed by atoms with Crippen LogP contribution in [0.3, 0.4) is 0 Å². The molecule has 4 saturated heterocycles. The van der Waals surface area contributed by atoms with E-state index in [-0.39, 0.29) is 34.9 Å². The summed E-state index contributed by atoms with van der Waals surface area (Å²) in [6, 6.07) is 22.0. The van der Waals surface area contributed by atoms with Crippen LogP contribution in [0.5, 0.6) is 17.2 Å². The Balaban J connectivity index is 0.000000151. The molecule has 0 radical (unpaired) electrons. The third-order valence-corrected chi connectivity index (χ3v) is 21.8. The summed E-state index contributed by atoms with van der Waals surface area (Å²) < 4.78 is 33.5. The van der Waals surface area contributed by atoms with E-state index in [1.165, 1.54) is 5.69 Å². The number of piperazine rings is 1. The van der Waals surface area contributed by atoms with Gasteiger partial charge in [-0.25, -0.2) is 49.3 Å². The number of aryl methyl sites for hydroxylation is 3. The summed E-state index contributed by atoms with van der Waals surface area (Å²) >= 11 is 0. The molecule has 2 amide bonds. The number of aromatic nitrogens is 8. The zero-order valence-corrected chi connectivity index (χ0v) is 63.5. The summed E-state index contributed by atoms with van der Waals surface area (Å²) in [7, 11) is 6.91. The fourth-order valence-corrected chi connectivity index (χ4v) is 15.0. The molecule has 26 heteroatoms. The van der Waals surface area contributed by atoms with Gasteiger partial charge in [-0.15, -0.1) is 0 Å². The van der Waals surface area contributed by atoms with Crippen LogP contribution in [0.15, 0.2) is 132 Å². The number of hydrogen-bond acceptors (Lipinski definition) is 23. The number of benzene rings is 3. The molecule has 4 aliphatic rings. The third kappa shape index (κ3) is 16.7. The Morgan fingerprint density at radius 1 is 0.551 bits per heavy atom. The van der Waals surface area contributed by atoms with Crippen molar-refractivity contribution in [3.05, 3.63) is 158 Å². The first-order chi connectivity index (χ1) is 51.8. The van der Waals surface area contributed by atoms with E-state index >= 15 is 0 Å². The van der Waals surface area contributed by atoms with Crippen LogP contribution in [0.25, 0.3) is 67.1 Å². The fourth-order valence-electron chi connectivity index (χ4n) is 15.0. The molecule has 4 aliphatic heterocycles. The highest BCUT2D eigenvalue weighted by molar-refractivity contribution is 5.88. The number of likely N-dealkylation sites (N-methyl/N-ethyl adjacent to an activating group) is 2. The number of methoxy groups -OCH3 is 3. The van der Waals surface area contributed by atoms with Crippen molar-refractivity contribution in [3.8, 4) is 51.6 Å². The molecule has 564 valence electrons. The number of carbonyl (C=O) groups excluding carboxylic acids is 2. The number of rotatable bonds is 20. The number of H-pyrrole nitrogens is 1. The molecule has 7 aromatic heterocycles. The standard InChI is InChI=1S/C29H39N5O4.C28H35N5O4.C24H25N5O3/c1-6-20-18-21(37-5)19-23-24(20)27(35)38-26(32-23)22-10-9-13-30-25(22)34-15-11-29(4,12-16-34)28(36)31-14-17-33(7-2)8-3;1-5-19-17-20(36-4)18-22-23(19)26(34)37-25(30-22)21-7-6-10-29-24(21)32-11-8-28(2,9-12-32)27(35)33-15-13-31(3)14-16-33;1-3-15-11-17(31-2)12-19-21(15)24(30)32-23(28-19)18-5-4-8-26-22(18)29-9-6-16(7-10-29)20-13-25-14-27-20/h9-10,13,18-19H,6-8,11-12,14-17H2,1-5H3,(H,31,36);6-7,10,17-18H,5,8-9,11-16H2,1-4H3;4-5,8,11-14,16H,3,6-7,9-10H2,1-2H3,(H,25,27). The van der Waals surface area contributed by atoms with Gasteiger partial charge in [0.1, 0.15) is 34.7 Å². The Bertz CT molecular complexity index is 4950. The molecule has 14 rings (SSSR count). The highest BCUT2D eigenvalue weighted by atomic mass is 16.5. The van der Waals surface area contributed by atoms with Gasteiger partial charge in [0.15, 0.2) is 0 Å². The number of amides is 2. The maximum absolute atomic E-state index is 13.4. The summed E-state index contributed by atoms with van der Waals surface area (Å²) in [5.74, 6) is 5.72. The van der Waals surface area contributed by atoms with Crippen LogP contribution in [0.2, 0.25) is 0 Å². The molecule has 3 aromatic carbocycles. The number of nitrogens with zero attached hydrogens (tertiary/aromatic N) is 13. The van der Waals surface area contributed by atoms with Gasteiger partial charge < -0.3 is 67.2 Å². The number of nitrogens with one attached hydrogen (secondary N) is 2. The highest BCUT2D eigenvalue weighted by Crippen LogP contribution is 2.41. The van der Waals surface area contributed by atoms with Crippen molar-refractivity contribution in [3.63, 3.8) is 0 Å². The van der Waals surface area contributed by atoms with Crippen LogP contribution in [0.4, 0.5) is 17.5 Å². The van der Waals surface area contributed by atoms with Gasteiger partial charge in [-0.2, -0.15) is 0 Å². The van der Waals surface area contributed by atoms with Crippen LogP contribution in [0, 0.1) is 10.8 Å². The SMILES string of the molecule is CCc1cc(OC)cc2nc(-c3cccnc3N3CCC(C)(C(=O)N4CCN(C)CC4)CC3)oc(=O)c12.CCc1cc(OC)cc2nc(-c3cccnc3N3CCC(C)(C(=O)NCCN(CC)CC)CC3)oc(=O)c12.CCc1cc(OC)cc2nc(-c3cccnc3N3CCC(c4cnc[nH]4)CC3)oc(=O)c12. The van der Waals surface area contributed by atoms with Crippen LogP contribution < -0.4 is 51.1 Å². The van der Waals surface area contributed by atoms with Crippen molar-refractivity contribution in [1.29, 1.82) is 0 Å². The maximum Gasteiger partial charge on any atom is 0.347 e. The van der Waals surface area contributed by atoms with E-state index < -0.39 is 22.3 Å². The van der Waals surface area contributed by atoms with E-state index in [2.05, 4.69) is 82.6 Å². The number of pyridine rings is 3. The minimum absolute atomic E-state index is 0.105. The number of carbonyl (C=O) groups is 2. The van der Waals surface area contributed by atoms with E-state index in [0.29, 0.717) is 149 Å². The van der Waals surface area contributed by atoms with Crippen LogP contribution in [-0.4, -0.2) is 186 Å². The van der Waals surface area contributed by atoms with E-state index in [4.69, 9.17) is 42.4 Å². The maximum atomic E-state index is 13.4. The number of fused-ring (bicyclic) bond motifs is 3. The highest BCUT2D eigenvalue weighted by Gasteiger charge is 2.42. The van der Waals surface area contributed by atoms with E-state index in [9.17, 15) is 24.0 Å². The number of imidazole rings is 1. The van der Waals surface area contributed by atoms with Gasteiger partial charge in [0, 0.05) is 144 Å². The van der Waals surface area contributed by atoms with E-state index in [1.807, 2.05) is 93.4 Å². The zero-order chi connectivity index (χ0) is 75.5. The van der Waals surface area contributed by atoms with E-state index in [1.54, 1.807) is 64.4 Å². The Morgan fingerprint density at radius 2 is 0.944 bits per heavy atom. The predicted octanol–water partition coefficient (Wildman–Crippen LogP) is 11.0. The topological polar surface area (TPSA) is 290 Å². The lowest BCUT2D eigenvalue weighted by molar-refractivity contribution is -0.144. The molecule has 0 aliphatic carbocycles. The zero-order valence-electron chi connectivity index (χ0n) is 63.5. The van der Waals surface area contributed by atoms with Crippen LogP contribution in [0.1, 0.15) is 115 Å². The molecule has 2 N–H and O–H groups in total. The second kappa shape index (κ2) is 33.9. The van der Waals surface area contributed by atoms with Gasteiger partial charge in [0.05, 0.1) is 77.1 Å². The molecule has 0 unspecified atom stereocenters. The minimum atomic E-state index is -0.435.